The highest BCUT2D eigenvalue weighted by molar-refractivity contribution is 6.07. The molecule has 5 aromatic rings. The second-order valence-corrected chi connectivity index (χ2v) is 10.6. The highest BCUT2D eigenvalue weighted by Gasteiger charge is 2.28. The topological polar surface area (TPSA) is 88.2 Å². The fraction of sp³-hybridized carbons (Fsp3) is 0.300. The van der Waals surface area contributed by atoms with Crippen molar-refractivity contribution in [2.75, 3.05) is 32.6 Å². The van der Waals surface area contributed by atoms with Crippen LogP contribution in [0.1, 0.15) is 45.9 Å². The minimum absolute atomic E-state index is 0.0778. The predicted molar refractivity (Wildman–Crippen MR) is 150 cm³/mol. The Labute approximate surface area is 226 Å². The first-order valence-electron chi connectivity index (χ1n) is 13.4. The second kappa shape index (κ2) is 9.52. The van der Waals surface area contributed by atoms with E-state index < -0.39 is 0 Å². The average Bonchev–Trinajstić information content (AvgIpc) is 3.68. The summed E-state index contributed by atoms with van der Waals surface area (Å²) in [4.78, 5) is 20.3. The van der Waals surface area contributed by atoms with Crippen molar-refractivity contribution in [3.05, 3.63) is 83.6 Å². The third-order valence-electron chi connectivity index (χ3n) is 7.84. The van der Waals surface area contributed by atoms with Crippen molar-refractivity contribution in [3.8, 4) is 11.1 Å². The predicted octanol–water partition coefficient (Wildman–Crippen LogP) is 4.59. The zero-order chi connectivity index (χ0) is 26.5. The monoisotopic (exact) mass is 521 g/mol. The lowest BCUT2D eigenvalue weighted by Crippen LogP contribution is -2.19. The van der Waals surface area contributed by atoms with E-state index in [9.17, 15) is 4.79 Å². The summed E-state index contributed by atoms with van der Waals surface area (Å²) in [5.41, 5.74) is 8.86. The van der Waals surface area contributed by atoms with Crippen molar-refractivity contribution >= 4 is 28.4 Å². The minimum atomic E-state index is -0.0778. The lowest BCUT2D eigenvalue weighted by Gasteiger charge is -2.25. The number of amides is 1. The average molecular weight is 522 g/mol. The number of nitrogens with zero attached hydrogens (tertiary/aromatic N) is 5. The molecule has 39 heavy (non-hydrogen) atoms. The number of hydrogen-bond donors (Lipinski definition) is 2. The summed E-state index contributed by atoms with van der Waals surface area (Å²) in [6, 6.07) is 12.4. The van der Waals surface area contributed by atoms with Gasteiger partial charge in [-0.05, 0) is 73.8 Å². The number of pyridine rings is 1. The summed E-state index contributed by atoms with van der Waals surface area (Å²) in [6.45, 7) is 2.82. The van der Waals surface area contributed by atoms with Gasteiger partial charge in [-0.1, -0.05) is 12.1 Å². The summed E-state index contributed by atoms with van der Waals surface area (Å²) in [6.07, 6.45) is 9.89. The summed E-state index contributed by atoms with van der Waals surface area (Å²) in [7, 11) is 4.13. The number of anilines is 2. The SMILES string of the molecule is CN(C)Cc1nc(Nc2ccc(-c3cnn4ccn5cccc5c34)c3c2C(=O)NC3)ccc1C1CCOCC1. The Morgan fingerprint density at radius 3 is 2.79 bits per heavy atom. The van der Waals surface area contributed by atoms with Crippen LogP contribution in [0.15, 0.2) is 61.2 Å². The number of rotatable bonds is 6. The number of hydrogen-bond acceptors (Lipinski definition) is 6. The second-order valence-electron chi connectivity index (χ2n) is 10.6. The molecule has 0 aliphatic carbocycles. The first-order chi connectivity index (χ1) is 19.1. The van der Waals surface area contributed by atoms with E-state index in [0.29, 0.717) is 18.0 Å². The molecule has 0 radical (unpaired) electrons. The molecule has 2 aliphatic heterocycles. The van der Waals surface area contributed by atoms with Gasteiger partial charge in [0.25, 0.3) is 5.91 Å². The van der Waals surface area contributed by atoms with Gasteiger partial charge in [-0.15, -0.1) is 0 Å². The molecule has 4 aromatic heterocycles. The number of aromatic nitrogens is 4. The Bertz CT molecular complexity index is 1710. The van der Waals surface area contributed by atoms with Gasteiger partial charge in [0, 0.05) is 50.5 Å². The fourth-order valence-electron chi connectivity index (χ4n) is 6.02. The molecule has 7 rings (SSSR count). The molecule has 2 N–H and O–H groups in total. The molecule has 0 saturated carbocycles. The zero-order valence-corrected chi connectivity index (χ0v) is 22.1. The Hall–Kier alpha value is -4.21. The van der Waals surface area contributed by atoms with E-state index in [1.165, 1.54) is 5.56 Å². The molecule has 0 atom stereocenters. The van der Waals surface area contributed by atoms with Gasteiger partial charge in [0.15, 0.2) is 0 Å². The molecule has 198 valence electrons. The van der Waals surface area contributed by atoms with Gasteiger partial charge < -0.3 is 24.7 Å². The van der Waals surface area contributed by atoms with Crippen LogP contribution < -0.4 is 10.6 Å². The molecule has 2 aliphatic rings. The number of carbonyl (C=O) groups excluding carboxylic acids is 1. The summed E-state index contributed by atoms with van der Waals surface area (Å²) >= 11 is 0. The molecule has 1 saturated heterocycles. The molecule has 0 spiro atoms. The molecule has 1 amide bonds. The van der Waals surface area contributed by atoms with Crippen molar-refractivity contribution in [2.24, 2.45) is 0 Å². The van der Waals surface area contributed by atoms with Crippen LogP contribution in [-0.4, -0.2) is 57.1 Å². The molecule has 9 heteroatoms. The van der Waals surface area contributed by atoms with Crippen LogP contribution in [0.25, 0.3) is 22.2 Å². The smallest absolute Gasteiger partial charge is 0.254 e. The Morgan fingerprint density at radius 2 is 1.95 bits per heavy atom. The van der Waals surface area contributed by atoms with Gasteiger partial charge in [-0.3, -0.25) is 4.79 Å². The van der Waals surface area contributed by atoms with Crippen molar-refractivity contribution in [1.82, 2.24) is 29.2 Å². The van der Waals surface area contributed by atoms with E-state index in [2.05, 4.69) is 57.3 Å². The quantitative estimate of drug-likeness (QED) is 0.340. The van der Waals surface area contributed by atoms with Crippen LogP contribution in [0.3, 0.4) is 0 Å². The molecule has 0 bridgehead atoms. The standard InChI is InChI=1S/C30H31N7O2/c1-35(2)18-25-20(19-9-14-39-15-10-19)6-8-27(34-25)33-24-7-5-21(22-16-31-30(38)28(22)24)23-17-32-37-13-12-36-11-3-4-26(36)29(23)37/h3-8,11-13,17,19H,9-10,14-16,18H2,1-2H3,(H,31,38)(H,33,34). The number of fused-ring (bicyclic) bond motifs is 4. The van der Waals surface area contributed by atoms with Crippen LogP contribution >= 0.6 is 0 Å². The van der Waals surface area contributed by atoms with Crippen LogP contribution in [-0.2, 0) is 17.8 Å². The summed E-state index contributed by atoms with van der Waals surface area (Å²) in [5.74, 6) is 1.12. The maximum absolute atomic E-state index is 13.1. The highest BCUT2D eigenvalue weighted by atomic mass is 16.5. The van der Waals surface area contributed by atoms with Gasteiger partial charge in [0.1, 0.15) is 5.82 Å². The third-order valence-corrected chi connectivity index (χ3v) is 7.84. The lowest BCUT2D eigenvalue weighted by molar-refractivity contribution is 0.0849. The largest absolute Gasteiger partial charge is 0.381 e. The van der Waals surface area contributed by atoms with Gasteiger partial charge in [0.05, 0.1) is 34.2 Å². The van der Waals surface area contributed by atoms with Crippen molar-refractivity contribution in [3.63, 3.8) is 0 Å². The fourth-order valence-corrected chi connectivity index (χ4v) is 6.02. The van der Waals surface area contributed by atoms with E-state index in [0.717, 1.165) is 77.5 Å². The Morgan fingerprint density at radius 1 is 1.08 bits per heavy atom. The Kier molecular flexibility index (Phi) is 5.82. The molecule has 9 nitrogen and oxygen atoms in total. The zero-order valence-electron chi connectivity index (χ0n) is 22.1. The molecule has 0 unspecified atom stereocenters. The van der Waals surface area contributed by atoms with E-state index in [-0.39, 0.29) is 5.91 Å². The van der Waals surface area contributed by atoms with Gasteiger partial charge in [-0.2, -0.15) is 5.10 Å². The maximum Gasteiger partial charge on any atom is 0.254 e. The highest BCUT2D eigenvalue weighted by Crippen LogP contribution is 2.38. The van der Waals surface area contributed by atoms with Crippen LogP contribution in [0, 0.1) is 0 Å². The van der Waals surface area contributed by atoms with E-state index in [1.54, 1.807) is 0 Å². The van der Waals surface area contributed by atoms with E-state index in [4.69, 9.17) is 9.72 Å². The van der Waals surface area contributed by atoms with Crippen LogP contribution in [0.5, 0.6) is 0 Å². The third kappa shape index (κ3) is 4.14. The van der Waals surface area contributed by atoms with Gasteiger partial charge >= 0.3 is 0 Å². The minimum Gasteiger partial charge on any atom is -0.381 e. The molecule has 1 aromatic carbocycles. The van der Waals surface area contributed by atoms with Crippen LogP contribution in [0.2, 0.25) is 0 Å². The maximum atomic E-state index is 13.1. The molecular weight excluding hydrogens is 490 g/mol. The molecule has 1 fully saturated rings. The van der Waals surface area contributed by atoms with Crippen molar-refractivity contribution < 1.29 is 9.53 Å². The van der Waals surface area contributed by atoms with Crippen molar-refractivity contribution in [1.29, 1.82) is 0 Å². The first-order valence-corrected chi connectivity index (χ1v) is 13.4. The van der Waals surface area contributed by atoms with Crippen molar-refractivity contribution in [2.45, 2.75) is 31.8 Å². The van der Waals surface area contributed by atoms with Gasteiger partial charge in [0.2, 0.25) is 0 Å². The number of carbonyl (C=O) groups is 1. The molecular formula is C30H31N7O2. The number of ether oxygens (including phenoxy) is 1. The normalized spacial score (nSPS) is 15.8. The first kappa shape index (κ1) is 23.9. The number of benzene rings is 1. The Balaban J connectivity index is 1.28. The summed E-state index contributed by atoms with van der Waals surface area (Å²) in [5, 5.41) is 11.1. The summed E-state index contributed by atoms with van der Waals surface area (Å²) < 4.78 is 9.56. The van der Waals surface area contributed by atoms with Crippen LogP contribution in [0.4, 0.5) is 11.5 Å². The van der Waals surface area contributed by atoms with E-state index in [1.807, 2.05) is 47.5 Å². The number of nitrogens with one attached hydrogen (secondary N) is 2. The van der Waals surface area contributed by atoms with E-state index >= 15 is 0 Å². The molecule has 6 heterocycles. The van der Waals surface area contributed by atoms with Gasteiger partial charge in [-0.25, -0.2) is 9.50 Å². The lowest BCUT2D eigenvalue weighted by atomic mass is 9.90.